The van der Waals surface area contributed by atoms with E-state index in [1.165, 1.54) is 45.2 Å². The second kappa shape index (κ2) is 6.97. The summed E-state index contributed by atoms with van der Waals surface area (Å²) in [6.45, 7) is 14.2. The average Bonchev–Trinajstić information content (AvgIpc) is 2.83. The van der Waals surface area contributed by atoms with Crippen LogP contribution in [0.4, 0.5) is 0 Å². The first kappa shape index (κ1) is 17.2. The summed E-state index contributed by atoms with van der Waals surface area (Å²) in [6.07, 6.45) is 6.67. The monoisotopic (exact) mass is 296 g/mol. The molecule has 0 spiro atoms. The zero-order chi connectivity index (χ0) is 15.5. The molecule has 3 unspecified atom stereocenters. The van der Waals surface area contributed by atoms with E-state index in [0.29, 0.717) is 17.9 Å². The minimum Gasteiger partial charge on any atom is -0.396 e. The lowest BCUT2D eigenvalue weighted by Crippen LogP contribution is -2.50. The zero-order valence-corrected chi connectivity index (χ0v) is 14.6. The molecule has 2 rings (SSSR count). The number of nitrogens with one attached hydrogen (secondary N) is 1. The first-order valence-corrected chi connectivity index (χ1v) is 8.90. The highest BCUT2D eigenvalue weighted by molar-refractivity contribution is 4.93. The lowest BCUT2D eigenvalue weighted by molar-refractivity contribution is 0.0806. The quantitative estimate of drug-likeness (QED) is 0.819. The maximum atomic E-state index is 9.37. The number of aliphatic hydroxyl groups excluding tert-OH is 1. The third-order valence-electron chi connectivity index (χ3n) is 5.37. The van der Waals surface area contributed by atoms with Crippen molar-refractivity contribution in [1.82, 2.24) is 10.2 Å². The standard InChI is InChI=1S/C18H36N2O/c1-15-6-5-8-18(10-15,13-19-17(2,3)4)14-20-9-7-16(11-20)12-21/h15-16,19,21H,5-14H2,1-4H3. The summed E-state index contributed by atoms with van der Waals surface area (Å²) in [5.41, 5.74) is 0.640. The Morgan fingerprint density at radius 2 is 2.05 bits per heavy atom. The molecule has 2 fully saturated rings. The molecule has 1 saturated heterocycles. The van der Waals surface area contributed by atoms with Gasteiger partial charge in [0.05, 0.1) is 0 Å². The molecule has 3 atom stereocenters. The van der Waals surface area contributed by atoms with Crippen molar-refractivity contribution in [2.24, 2.45) is 17.3 Å². The average molecular weight is 296 g/mol. The first-order valence-electron chi connectivity index (χ1n) is 8.90. The van der Waals surface area contributed by atoms with Gasteiger partial charge in [-0.2, -0.15) is 0 Å². The Morgan fingerprint density at radius 3 is 2.62 bits per heavy atom. The third-order valence-corrected chi connectivity index (χ3v) is 5.37. The normalized spacial score (nSPS) is 35.3. The fourth-order valence-corrected chi connectivity index (χ4v) is 4.26. The van der Waals surface area contributed by atoms with Gasteiger partial charge in [0.25, 0.3) is 0 Å². The number of nitrogens with zero attached hydrogens (tertiary/aromatic N) is 1. The van der Waals surface area contributed by atoms with E-state index < -0.39 is 0 Å². The first-order chi connectivity index (χ1) is 9.82. The van der Waals surface area contributed by atoms with E-state index in [4.69, 9.17) is 0 Å². The van der Waals surface area contributed by atoms with E-state index in [1.54, 1.807) is 0 Å². The summed E-state index contributed by atoms with van der Waals surface area (Å²) in [5, 5.41) is 13.1. The number of aliphatic hydroxyl groups is 1. The lowest BCUT2D eigenvalue weighted by atomic mass is 9.69. The van der Waals surface area contributed by atoms with Crippen LogP contribution < -0.4 is 5.32 Å². The van der Waals surface area contributed by atoms with Gasteiger partial charge in [0, 0.05) is 31.8 Å². The molecule has 0 aromatic rings. The molecule has 1 heterocycles. The molecule has 3 heteroatoms. The number of hydrogen-bond acceptors (Lipinski definition) is 3. The van der Waals surface area contributed by atoms with Crippen LogP contribution in [0.15, 0.2) is 0 Å². The molecule has 0 aromatic carbocycles. The second-order valence-corrected chi connectivity index (χ2v) is 8.88. The molecular formula is C18H36N2O. The molecule has 1 aliphatic heterocycles. The SMILES string of the molecule is CC1CCCC(CNC(C)(C)C)(CN2CCC(CO)C2)C1. The fourth-order valence-electron chi connectivity index (χ4n) is 4.26. The van der Waals surface area contributed by atoms with Gasteiger partial charge >= 0.3 is 0 Å². The number of hydrogen-bond donors (Lipinski definition) is 2. The maximum Gasteiger partial charge on any atom is 0.0471 e. The summed E-state index contributed by atoms with van der Waals surface area (Å²) in [7, 11) is 0. The highest BCUT2D eigenvalue weighted by Crippen LogP contribution is 2.40. The minimum atomic E-state index is 0.201. The fraction of sp³-hybridized carbons (Fsp3) is 1.00. The summed E-state index contributed by atoms with van der Waals surface area (Å²) >= 11 is 0. The molecular weight excluding hydrogens is 260 g/mol. The van der Waals surface area contributed by atoms with Crippen molar-refractivity contribution in [3.63, 3.8) is 0 Å². The molecule has 0 radical (unpaired) electrons. The Hall–Kier alpha value is -0.120. The molecule has 2 aliphatic rings. The molecule has 0 amide bonds. The van der Waals surface area contributed by atoms with Crippen molar-refractivity contribution in [1.29, 1.82) is 0 Å². The summed E-state index contributed by atoms with van der Waals surface area (Å²) in [4.78, 5) is 2.61. The van der Waals surface area contributed by atoms with E-state index >= 15 is 0 Å². The minimum absolute atomic E-state index is 0.201. The van der Waals surface area contributed by atoms with Gasteiger partial charge in [0.15, 0.2) is 0 Å². The van der Waals surface area contributed by atoms with Crippen molar-refractivity contribution in [2.75, 3.05) is 32.8 Å². The zero-order valence-electron chi connectivity index (χ0n) is 14.6. The Morgan fingerprint density at radius 1 is 1.29 bits per heavy atom. The lowest BCUT2D eigenvalue weighted by Gasteiger charge is -2.44. The summed E-state index contributed by atoms with van der Waals surface area (Å²) in [6, 6.07) is 0. The van der Waals surface area contributed by atoms with Crippen molar-refractivity contribution in [3.05, 3.63) is 0 Å². The Balaban J connectivity index is 1.98. The molecule has 3 nitrogen and oxygen atoms in total. The van der Waals surface area contributed by atoms with Crippen LogP contribution in [-0.2, 0) is 0 Å². The van der Waals surface area contributed by atoms with E-state index in [0.717, 1.165) is 19.0 Å². The molecule has 1 aliphatic carbocycles. The van der Waals surface area contributed by atoms with Crippen LogP contribution in [0, 0.1) is 17.3 Å². The van der Waals surface area contributed by atoms with Gasteiger partial charge in [-0.15, -0.1) is 0 Å². The Bertz CT molecular complexity index is 326. The van der Waals surface area contributed by atoms with Crippen LogP contribution in [0.1, 0.15) is 59.8 Å². The van der Waals surface area contributed by atoms with E-state index in [9.17, 15) is 5.11 Å². The van der Waals surface area contributed by atoms with Gasteiger partial charge < -0.3 is 15.3 Å². The smallest absolute Gasteiger partial charge is 0.0471 e. The van der Waals surface area contributed by atoms with Gasteiger partial charge in [-0.05, 0) is 63.8 Å². The molecule has 21 heavy (non-hydrogen) atoms. The third kappa shape index (κ3) is 5.22. The van der Waals surface area contributed by atoms with Crippen LogP contribution in [0.3, 0.4) is 0 Å². The second-order valence-electron chi connectivity index (χ2n) is 8.88. The maximum absolute atomic E-state index is 9.37. The van der Waals surface area contributed by atoms with E-state index in [1.807, 2.05) is 0 Å². The van der Waals surface area contributed by atoms with Gasteiger partial charge in [0.1, 0.15) is 0 Å². The van der Waals surface area contributed by atoms with Crippen LogP contribution in [0.25, 0.3) is 0 Å². The topological polar surface area (TPSA) is 35.5 Å². The number of rotatable bonds is 5. The molecule has 0 aromatic heterocycles. The van der Waals surface area contributed by atoms with Gasteiger partial charge in [-0.1, -0.05) is 19.8 Å². The van der Waals surface area contributed by atoms with Gasteiger partial charge in [0.2, 0.25) is 0 Å². The van der Waals surface area contributed by atoms with E-state index in [2.05, 4.69) is 37.9 Å². The van der Waals surface area contributed by atoms with Crippen LogP contribution in [-0.4, -0.2) is 48.3 Å². The predicted molar refractivity (Wildman–Crippen MR) is 89.5 cm³/mol. The summed E-state index contributed by atoms with van der Waals surface area (Å²) < 4.78 is 0. The predicted octanol–water partition coefficient (Wildman–Crippen LogP) is 2.89. The summed E-state index contributed by atoms with van der Waals surface area (Å²) in [5.74, 6) is 1.37. The molecule has 0 bridgehead atoms. The Kier molecular flexibility index (Phi) is 5.72. The molecule has 1 saturated carbocycles. The molecule has 124 valence electrons. The van der Waals surface area contributed by atoms with Gasteiger partial charge in [-0.25, -0.2) is 0 Å². The van der Waals surface area contributed by atoms with Crippen molar-refractivity contribution < 1.29 is 5.11 Å². The largest absolute Gasteiger partial charge is 0.396 e. The number of likely N-dealkylation sites (tertiary alicyclic amines) is 1. The van der Waals surface area contributed by atoms with Crippen LogP contribution in [0.2, 0.25) is 0 Å². The Labute approximate surface area is 131 Å². The highest BCUT2D eigenvalue weighted by Gasteiger charge is 2.38. The van der Waals surface area contributed by atoms with E-state index in [-0.39, 0.29) is 5.54 Å². The van der Waals surface area contributed by atoms with Crippen molar-refractivity contribution in [2.45, 2.75) is 65.3 Å². The van der Waals surface area contributed by atoms with Gasteiger partial charge in [-0.3, -0.25) is 0 Å². The van der Waals surface area contributed by atoms with Crippen molar-refractivity contribution in [3.8, 4) is 0 Å². The van der Waals surface area contributed by atoms with Crippen molar-refractivity contribution >= 4 is 0 Å². The molecule has 2 N–H and O–H groups in total. The van der Waals surface area contributed by atoms with Crippen LogP contribution >= 0.6 is 0 Å². The highest BCUT2D eigenvalue weighted by atomic mass is 16.3. The van der Waals surface area contributed by atoms with Crippen LogP contribution in [0.5, 0.6) is 0 Å².